The van der Waals surface area contributed by atoms with Gasteiger partial charge in [-0.05, 0) is 25.3 Å². The molecule has 0 saturated carbocycles. The number of rotatable bonds is 7. The first-order valence-electron chi connectivity index (χ1n) is 7.60. The number of ether oxygens (including phenoxy) is 4. The lowest BCUT2D eigenvalue weighted by Gasteiger charge is -2.15. The molecular weight excluding hydrogens is 356 g/mol. The number of aryl methyl sites for hydroxylation is 1. The van der Waals surface area contributed by atoms with E-state index >= 15 is 0 Å². The van der Waals surface area contributed by atoms with Crippen molar-refractivity contribution >= 4 is 23.3 Å². The molecule has 0 fully saturated rings. The zero-order valence-corrected chi connectivity index (χ0v) is 16.0. The lowest BCUT2D eigenvalue weighted by molar-refractivity contribution is -0.133. The van der Waals surface area contributed by atoms with Gasteiger partial charge in [0, 0.05) is 6.07 Å². The minimum Gasteiger partial charge on any atom is -0.503 e. The van der Waals surface area contributed by atoms with Gasteiger partial charge in [0.05, 0.1) is 33.2 Å². The Hall–Kier alpha value is -2.74. The highest BCUT2D eigenvalue weighted by atomic mass is 32.2. The van der Waals surface area contributed by atoms with E-state index < -0.39 is 5.97 Å². The third kappa shape index (κ3) is 4.45. The number of methoxy groups -OCH3 is 3. The molecule has 1 aromatic heterocycles. The Bertz CT molecular complexity index is 823. The second kappa shape index (κ2) is 9.10. The number of benzene rings is 1. The van der Waals surface area contributed by atoms with Crippen LogP contribution in [0, 0.1) is 6.92 Å². The lowest BCUT2D eigenvalue weighted by Crippen LogP contribution is -2.10. The van der Waals surface area contributed by atoms with E-state index in [2.05, 4.69) is 9.97 Å². The van der Waals surface area contributed by atoms with Crippen molar-refractivity contribution < 1.29 is 23.7 Å². The first-order valence-corrected chi connectivity index (χ1v) is 8.82. The van der Waals surface area contributed by atoms with Crippen molar-refractivity contribution in [3.05, 3.63) is 41.9 Å². The van der Waals surface area contributed by atoms with Gasteiger partial charge in [-0.15, -0.1) is 11.8 Å². The van der Waals surface area contributed by atoms with Gasteiger partial charge in [-0.25, -0.2) is 9.78 Å². The summed E-state index contributed by atoms with van der Waals surface area (Å²) in [5.41, 5.74) is 0.567. The summed E-state index contributed by atoms with van der Waals surface area (Å²) in [4.78, 5) is 21.0. The van der Waals surface area contributed by atoms with Crippen LogP contribution in [0.2, 0.25) is 0 Å². The smallest absolute Gasteiger partial charge is 0.341 e. The number of hydrogen-bond acceptors (Lipinski definition) is 8. The summed E-state index contributed by atoms with van der Waals surface area (Å²) in [6.07, 6.45) is 3.14. The van der Waals surface area contributed by atoms with E-state index in [9.17, 15) is 4.79 Å². The Kier molecular flexibility index (Phi) is 6.85. The predicted molar refractivity (Wildman–Crippen MR) is 98.6 cm³/mol. The van der Waals surface area contributed by atoms with Crippen LogP contribution in [-0.4, -0.2) is 43.5 Å². The summed E-state index contributed by atoms with van der Waals surface area (Å²) >= 11 is 1.36. The van der Waals surface area contributed by atoms with Crippen LogP contribution in [0.4, 0.5) is 0 Å². The molecule has 0 aliphatic carbocycles. The fraction of sp³-hybridized carbons (Fsp3) is 0.278. The summed E-state index contributed by atoms with van der Waals surface area (Å²) in [6.45, 7) is 1.75. The van der Waals surface area contributed by atoms with Gasteiger partial charge in [0.2, 0.25) is 5.88 Å². The third-order valence-corrected chi connectivity index (χ3v) is 4.00. The monoisotopic (exact) mass is 376 g/mol. The number of esters is 1. The molecule has 0 aliphatic rings. The minimum atomic E-state index is -0.579. The first kappa shape index (κ1) is 19.6. The van der Waals surface area contributed by atoms with Gasteiger partial charge in [0.1, 0.15) is 27.9 Å². The van der Waals surface area contributed by atoms with E-state index in [4.69, 9.17) is 18.9 Å². The third-order valence-electron chi connectivity index (χ3n) is 3.31. The van der Waals surface area contributed by atoms with E-state index in [0.29, 0.717) is 27.9 Å². The standard InChI is InChI=1S/C18H20N2O5S/c1-11-19-16(25-13-8-6-7-12(9-13)23-3)15(17(20-11)26-5)14(10-22-2)18(21)24-4/h6-10H,1-5H3. The highest BCUT2D eigenvalue weighted by molar-refractivity contribution is 7.98. The first-order chi connectivity index (χ1) is 12.5. The van der Waals surface area contributed by atoms with Gasteiger partial charge < -0.3 is 18.9 Å². The number of nitrogens with zero attached hydrogens (tertiary/aromatic N) is 2. The summed E-state index contributed by atoms with van der Waals surface area (Å²) in [5.74, 6) is 1.31. The second-order valence-corrected chi connectivity index (χ2v) is 5.80. The Labute approximate surface area is 156 Å². The highest BCUT2D eigenvalue weighted by Crippen LogP contribution is 2.36. The number of carbonyl (C=O) groups excluding carboxylic acids is 1. The van der Waals surface area contributed by atoms with Crippen LogP contribution in [0.15, 0.2) is 35.6 Å². The number of aromatic nitrogens is 2. The quantitative estimate of drug-likeness (QED) is 0.239. The Morgan fingerprint density at radius 2 is 1.88 bits per heavy atom. The molecule has 0 radical (unpaired) electrons. The number of hydrogen-bond donors (Lipinski definition) is 0. The summed E-state index contributed by atoms with van der Waals surface area (Å²) in [7, 11) is 4.31. The van der Waals surface area contributed by atoms with Crippen molar-refractivity contribution in [3.63, 3.8) is 0 Å². The summed E-state index contributed by atoms with van der Waals surface area (Å²) in [6, 6.07) is 7.08. The minimum absolute atomic E-state index is 0.164. The molecule has 0 saturated heterocycles. The largest absolute Gasteiger partial charge is 0.503 e. The molecule has 2 rings (SSSR count). The molecule has 7 nitrogen and oxygen atoms in total. The maximum atomic E-state index is 12.2. The van der Waals surface area contributed by atoms with Crippen molar-refractivity contribution in [3.8, 4) is 17.4 Å². The van der Waals surface area contributed by atoms with Crippen LogP contribution in [0.5, 0.6) is 17.4 Å². The maximum absolute atomic E-state index is 12.2. The molecule has 0 unspecified atom stereocenters. The average molecular weight is 376 g/mol. The highest BCUT2D eigenvalue weighted by Gasteiger charge is 2.25. The normalized spacial score (nSPS) is 11.0. The molecule has 0 aliphatic heterocycles. The topological polar surface area (TPSA) is 79.8 Å². The van der Waals surface area contributed by atoms with E-state index in [1.807, 2.05) is 6.26 Å². The Morgan fingerprint density at radius 3 is 2.50 bits per heavy atom. The summed E-state index contributed by atoms with van der Waals surface area (Å²) < 4.78 is 21.1. The van der Waals surface area contributed by atoms with E-state index in [1.54, 1.807) is 38.3 Å². The Balaban J connectivity index is 2.62. The van der Waals surface area contributed by atoms with Crippen LogP contribution < -0.4 is 9.47 Å². The maximum Gasteiger partial charge on any atom is 0.341 e. The van der Waals surface area contributed by atoms with Crippen molar-refractivity contribution in [2.45, 2.75) is 11.9 Å². The molecule has 1 heterocycles. The van der Waals surface area contributed by atoms with Crippen LogP contribution in [0.25, 0.3) is 5.57 Å². The van der Waals surface area contributed by atoms with Gasteiger partial charge in [-0.2, -0.15) is 4.98 Å². The van der Waals surface area contributed by atoms with Gasteiger partial charge in [-0.1, -0.05) is 6.07 Å². The number of carbonyl (C=O) groups is 1. The van der Waals surface area contributed by atoms with Crippen molar-refractivity contribution in [2.75, 3.05) is 27.6 Å². The zero-order chi connectivity index (χ0) is 19.1. The van der Waals surface area contributed by atoms with Crippen LogP contribution >= 0.6 is 11.8 Å². The molecule has 0 atom stereocenters. The SMILES string of the molecule is COC=C(C(=O)OC)c1c(Oc2cccc(OC)c2)nc(C)nc1SC. The van der Waals surface area contributed by atoms with Gasteiger partial charge >= 0.3 is 5.97 Å². The fourth-order valence-corrected chi connectivity index (χ4v) is 2.81. The van der Waals surface area contributed by atoms with Gasteiger partial charge in [0.25, 0.3) is 0 Å². The van der Waals surface area contributed by atoms with Crippen molar-refractivity contribution in [2.24, 2.45) is 0 Å². The zero-order valence-electron chi connectivity index (χ0n) is 15.2. The van der Waals surface area contributed by atoms with Crippen LogP contribution in [0.3, 0.4) is 0 Å². The molecule has 0 spiro atoms. The molecule has 0 bridgehead atoms. The molecule has 26 heavy (non-hydrogen) atoms. The fourth-order valence-electron chi connectivity index (χ4n) is 2.19. The Morgan fingerprint density at radius 1 is 1.15 bits per heavy atom. The number of thioether (sulfide) groups is 1. The molecule has 0 N–H and O–H groups in total. The van der Waals surface area contributed by atoms with E-state index in [-0.39, 0.29) is 11.5 Å². The molecule has 8 heteroatoms. The van der Waals surface area contributed by atoms with Gasteiger partial charge in [0.15, 0.2) is 0 Å². The van der Waals surface area contributed by atoms with Crippen LogP contribution in [-0.2, 0) is 14.3 Å². The van der Waals surface area contributed by atoms with Crippen molar-refractivity contribution in [1.82, 2.24) is 9.97 Å². The van der Waals surface area contributed by atoms with E-state index in [0.717, 1.165) is 0 Å². The van der Waals surface area contributed by atoms with Gasteiger partial charge in [-0.3, -0.25) is 0 Å². The lowest BCUT2D eigenvalue weighted by atomic mass is 10.1. The molecule has 2 aromatic rings. The summed E-state index contributed by atoms with van der Waals surface area (Å²) in [5, 5.41) is 0.573. The average Bonchev–Trinajstić information content (AvgIpc) is 2.65. The van der Waals surface area contributed by atoms with Crippen LogP contribution in [0.1, 0.15) is 11.4 Å². The predicted octanol–water partition coefficient (Wildman–Crippen LogP) is 3.47. The second-order valence-electron chi connectivity index (χ2n) is 5.00. The molecule has 0 amide bonds. The van der Waals surface area contributed by atoms with E-state index in [1.165, 1.54) is 32.2 Å². The molecular formula is C18H20N2O5S. The van der Waals surface area contributed by atoms with Crippen molar-refractivity contribution in [1.29, 1.82) is 0 Å². The molecule has 138 valence electrons. The molecule has 1 aromatic carbocycles.